The Morgan fingerprint density at radius 3 is 2.09 bits per heavy atom. The van der Waals surface area contributed by atoms with Gasteiger partial charge in [-0.2, -0.15) is 8.78 Å². The Bertz CT molecular complexity index is 985. The molecular formula is C23H25F4NO6. The summed E-state index contributed by atoms with van der Waals surface area (Å²) >= 11 is 0. The molecule has 0 heterocycles. The number of hydrogen-bond acceptors (Lipinski definition) is 6. The van der Waals surface area contributed by atoms with Gasteiger partial charge in [0.1, 0.15) is 18.2 Å². The standard InChI is InChI=1S/C23H25F4NO6/c1-12(29)18(28-22(31)32-11-13-8-6-5-7-9-13)20(21(30)34-23(2,3)4)33-19-16(26)14(24)10-15(25)17(19)27/h5-10,12,18,20,29H,11H2,1-4H3,(H,28,31)/t12?,18-,20-/m0/s1. The molecule has 0 aromatic heterocycles. The molecule has 0 saturated heterocycles. The molecule has 2 aromatic rings. The van der Waals surface area contributed by atoms with Crippen molar-refractivity contribution in [2.75, 3.05) is 0 Å². The van der Waals surface area contributed by atoms with Gasteiger partial charge in [-0.1, -0.05) is 30.3 Å². The van der Waals surface area contributed by atoms with Gasteiger partial charge in [-0.25, -0.2) is 18.4 Å². The highest BCUT2D eigenvalue weighted by molar-refractivity contribution is 5.78. The number of rotatable bonds is 8. The molecule has 0 aliphatic rings. The SMILES string of the molecule is CC(O)[C@H](NC(=O)OCc1ccccc1)[C@H](Oc1c(F)c(F)cc(F)c1F)C(=O)OC(C)(C)C. The van der Waals surface area contributed by atoms with Crippen LogP contribution in [0, 0.1) is 23.3 Å². The number of halogens is 4. The van der Waals surface area contributed by atoms with E-state index in [1.807, 2.05) is 0 Å². The van der Waals surface area contributed by atoms with Crippen molar-refractivity contribution in [2.24, 2.45) is 0 Å². The van der Waals surface area contributed by atoms with Crippen LogP contribution in [0.2, 0.25) is 0 Å². The molecule has 34 heavy (non-hydrogen) atoms. The maximum Gasteiger partial charge on any atom is 0.407 e. The lowest BCUT2D eigenvalue weighted by atomic mass is 10.1. The highest BCUT2D eigenvalue weighted by atomic mass is 19.2. The van der Waals surface area contributed by atoms with Crippen LogP contribution in [0.1, 0.15) is 33.3 Å². The van der Waals surface area contributed by atoms with Crippen LogP contribution in [0.25, 0.3) is 0 Å². The number of nitrogens with one attached hydrogen (secondary N) is 1. The second-order valence-electron chi connectivity index (χ2n) is 8.34. The van der Waals surface area contributed by atoms with Crippen LogP contribution >= 0.6 is 0 Å². The van der Waals surface area contributed by atoms with E-state index in [-0.39, 0.29) is 12.7 Å². The Hall–Kier alpha value is -3.34. The minimum Gasteiger partial charge on any atom is -0.470 e. The highest BCUT2D eigenvalue weighted by Gasteiger charge is 2.40. The fourth-order valence-electron chi connectivity index (χ4n) is 2.76. The van der Waals surface area contributed by atoms with E-state index in [4.69, 9.17) is 14.2 Å². The number of ether oxygens (including phenoxy) is 3. The smallest absolute Gasteiger partial charge is 0.407 e. The van der Waals surface area contributed by atoms with Crippen LogP contribution in [-0.2, 0) is 20.9 Å². The normalized spacial score (nSPS) is 14.0. The number of benzene rings is 2. The molecule has 2 N–H and O–H groups in total. The Morgan fingerprint density at radius 1 is 1.03 bits per heavy atom. The predicted octanol–water partition coefficient (Wildman–Crippen LogP) is 4.01. The summed E-state index contributed by atoms with van der Waals surface area (Å²) in [7, 11) is 0. The molecular weight excluding hydrogens is 462 g/mol. The van der Waals surface area contributed by atoms with Crippen molar-refractivity contribution in [1.29, 1.82) is 0 Å². The van der Waals surface area contributed by atoms with Crippen molar-refractivity contribution in [1.82, 2.24) is 5.32 Å². The Morgan fingerprint density at radius 2 is 1.59 bits per heavy atom. The van der Waals surface area contributed by atoms with Gasteiger partial charge in [-0.15, -0.1) is 0 Å². The number of amides is 1. The van der Waals surface area contributed by atoms with Crippen LogP contribution < -0.4 is 10.1 Å². The lowest BCUT2D eigenvalue weighted by Crippen LogP contribution is -2.56. The molecule has 1 amide bonds. The highest BCUT2D eigenvalue weighted by Crippen LogP contribution is 2.29. The Kier molecular flexibility index (Phi) is 8.86. The van der Waals surface area contributed by atoms with Crippen LogP contribution in [-0.4, -0.2) is 41.0 Å². The van der Waals surface area contributed by atoms with Gasteiger partial charge in [0.15, 0.2) is 17.4 Å². The molecule has 0 fully saturated rings. The van der Waals surface area contributed by atoms with Gasteiger partial charge in [-0.05, 0) is 33.3 Å². The van der Waals surface area contributed by atoms with E-state index in [0.29, 0.717) is 5.56 Å². The summed E-state index contributed by atoms with van der Waals surface area (Å²) in [5.74, 6) is -10.2. The molecule has 1 unspecified atom stereocenters. The molecule has 0 spiro atoms. The van der Waals surface area contributed by atoms with Crippen molar-refractivity contribution < 1.29 is 46.5 Å². The van der Waals surface area contributed by atoms with Crippen LogP contribution in [0.15, 0.2) is 36.4 Å². The lowest BCUT2D eigenvalue weighted by Gasteiger charge is -2.31. The lowest BCUT2D eigenvalue weighted by molar-refractivity contribution is -0.166. The van der Waals surface area contributed by atoms with E-state index >= 15 is 0 Å². The topological polar surface area (TPSA) is 94.1 Å². The zero-order chi connectivity index (χ0) is 25.6. The fraction of sp³-hybridized carbons (Fsp3) is 0.391. The molecule has 7 nitrogen and oxygen atoms in total. The molecule has 11 heteroatoms. The molecule has 2 aromatic carbocycles. The molecule has 3 atom stereocenters. The predicted molar refractivity (Wildman–Crippen MR) is 112 cm³/mol. The minimum absolute atomic E-state index is 0.0364. The van der Waals surface area contributed by atoms with Gasteiger partial charge in [0.05, 0.1) is 6.10 Å². The maximum atomic E-state index is 14.2. The number of hydrogen-bond donors (Lipinski definition) is 2. The molecule has 0 bridgehead atoms. The zero-order valence-corrected chi connectivity index (χ0v) is 18.9. The largest absolute Gasteiger partial charge is 0.470 e. The first-order valence-electron chi connectivity index (χ1n) is 10.2. The van der Waals surface area contributed by atoms with Crippen molar-refractivity contribution in [3.05, 3.63) is 65.2 Å². The van der Waals surface area contributed by atoms with Gasteiger partial charge >= 0.3 is 12.1 Å². The first kappa shape index (κ1) is 26.9. The van der Waals surface area contributed by atoms with Gasteiger partial charge < -0.3 is 24.6 Å². The third-order valence-corrected chi connectivity index (χ3v) is 4.30. The molecule has 0 radical (unpaired) electrons. The van der Waals surface area contributed by atoms with E-state index in [9.17, 15) is 32.3 Å². The molecule has 186 valence electrons. The van der Waals surface area contributed by atoms with E-state index in [0.717, 1.165) is 6.92 Å². The van der Waals surface area contributed by atoms with Crippen molar-refractivity contribution in [3.8, 4) is 5.75 Å². The molecule has 0 saturated carbocycles. The second kappa shape index (κ2) is 11.2. The Labute approximate surface area is 193 Å². The van der Waals surface area contributed by atoms with E-state index in [1.54, 1.807) is 30.3 Å². The van der Waals surface area contributed by atoms with E-state index in [1.165, 1.54) is 20.8 Å². The summed E-state index contributed by atoms with van der Waals surface area (Å²) in [6.45, 7) is 5.40. The van der Waals surface area contributed by atoms with E-state index < -0.39 is 64.9 Å². The minimum atomic E-state index is -2.12. The zero-order valence-electron chi connectivity index (χ0n) is 18.9. The summed E-state index contributed by atoms with van der Waals surface area (Å²) < 4.78 is 70.9. The maximum absolute atomic E-state index is 14.2. The van der Waals surface area contributed by atoms with E-state index in [2.05, 4.69) is 5.32 Å². The third-order valence-electron chi connectivity index (χ3n) is 4.30. The molecule has 0 aliphatic heterocycles. The van der Waals surface area contributed by atoms with Gasteiger partial charge in [0.2, 0.25) is 17.7 Å². The average Bonchev–Trinajstić information content (AvgIpc) is 2.74. The number of aliphatic hydroxyl groups excluding tert-OH is 1. The number of aliphatic hydroxyl groups is 1. The summed E-state index contributed by atoms with van der Waals surface area (Å²) in [5, 5.41) is 12.4. The van der Waals surface area contributed by atoms with Gasteiger partial charge in [-0.3, -0.25) is 0 Å². The quantitative estimate of drug-likeness (QED) is 0.332. The number of alkyl carbamates (subject to hydrolysis) is 1. The average molecular weight is 487 g/mol. The van der Waals surface area contributed by atoms with Crippen LogP contribution in [0.3, 0.4) is 0 Å². The number of carbonyl (C=O) groups excluding carboxylic acids is 2. The van der Waals surface area contributed by atoms with Crippen molar-refractivity contribution >= 4 is 12.1 Å². The van der Waals surface area contributed by atoms with Crippen LogP contribution in [0.5, 0.6) is 5.75 Å². The third kappa shape index (κ3) is 7.34. The first-order chi connectivity index (χ1) is 15.8. The summed E-state index contributed by atoms with van der Waals surface area (Å²) in [6.07, 6.45) is -4.79. The summed E-state index contributed by atoms with van der Waals surface area (Å²) in [5.41, 5.74) is -0.495. The van der Waals surface area contributed by atoms with Gasteiger partial charge in [0.25, 0.3) is 0 Å². The van der Waals surface area contributed by atoms with Crippen molar-refractivity contribution in [2.45, 2.75) is 58.2 Å². The first-order valence-corrected chi connectivity index (χ1v) is 10.2. The molecule has 0 aliphatic carbocycles. The Balaban J connectivity index is 2.34. The monoisotopic (exact) mass is 487 g/mol. The van der Waals surface area contributed by atoms with Gasteiger partial charge in [0, 0.05) is 6.07 Å². The summed E-state index contributed by atoms with van der Waals surface area (Å²) in [4.78, 5) is 25.1. The van der Waals surface area contributed by atoms with Crippen molar-refractivity contribution in [3.63, 3.8) is 0 Å². The fourth-order valence-corrected chi connectivity index (χ4v) is 2.76. The number of carbonyl (C=O) groups is 2. The molecule has 2 rings (SSSR count). The second-order valence-corrected chi connectivity index (χ2v) is 8.34. The summed E-state index contributed by atoms with van der Waals surface area (Å²) in [6, 6.07) is 6.80. The van der Waals surface area contributed by atoms with Crippen LogP contribution in [0.4, 0.5) is 22.4 Å². The number of esters is 1.